The Morgan fingerprint density at radius 1 is 1.21 bits per heavy atom. The lowest BCUT2D eigenvalue weighted by molar-refractivity contribution is -0.126. The Balaban J connectivity index is 1.70. The summed E-state index contributed by atoms with van der Waals surface area (Å²) in [5, 5.41) is 3.17. The first-order valence-electron chi connectivity index (χ1n) is 9.35. The zero-order valence-corrected chi connectivity index (χ0v) is 14.7. The molecule has 1 atom stereocenters. The number of amides is 1. The molecule has 1 amide bonds. The van der Waals surface area contributed by atoms with E-state index in [1.807, 2.05) is 19.2 Å². The molecule has 0 spiro atoms. The van der Waals surface area contributed by atoms with E-state index in [9.17, 15) is 9.18 Å². The van der Waals surface area contributed by atoms with Gasteiger partial charge in [-0.2, -0.15) is 0 Å². The van der Waals surface area contributed by atoms with E-state index in [0.717, 1.165) is 50.6 Å². The summed E-state index contributed by atoms with van der Waals surface area (Å²) in [5.41, 5.74) is 0.543. The molecule has 132 valence electrons. The highest BCUT2D eigenvalue weighted by molar-refractivity contribution is 5.81. The molecule has 1 aromatic rings. The first-order chi connectivity index (χ1) is 11.6. The Hall–Kier alpha value is -1.42. The first kappa shape index (κ1) is 17.4. The minimum Gasteiger partial charge on any atom is -0.354 e. The van der Waals surface area contributed by atoms with Gasteiger partial charge in [0, 0.05) is 12.0 Å². The van der Waals surface area contributed by atoms with Gasteiger partial charge >= 0.3 is 0 Å². The van der Waals surface area contributed by atoms with Crippen LogP contribution in [0.1, 0.15) is 56.9 Å². The monoisotopic (exact) mass is 332 g/mol. The van der Waals surface area contributed by atoms with E-state index >= 15 is 0 Å². The average Bonchev–Trinajstić information content (AvgIpc) is 2.96. The predicted molar refractivity (Wildman–Crippen MR) is 94.4 cm³/mol. The van der Waals surface area contributed by atoms with Crippen LogP contribution in [0.25, 0.3) is 0 Å². The van der Waals surface area contributed by atoms with Gasteiger partial charge in [-0.05, 0) is 50.9 Å². The van der Waals surface area contributed by atoms with Gasteiger partial charge in [-0.3, -0.25) is 9.69 Å². The number of nitrogens with one attached hydrogen (secondary N) is 1. The van der Waals surface area contributed by atoms with Crippen molar-refractivity contribution in [2.75, 3.05) is 20.1 Å². The van der Waals surface area contributed by atoms with Crippen LogP contribution in [0.5, 0.6) is 0 Å². The van der Waals surface area contributed by atoms with Crippen LogP contribution in [0.15, 0.2) is 24.3 Å². The number of nitrogens with zero attached hydrogens (tertiary/aromatic N) is 1. The van der Waals surface area contributed by atoms with Gasteiger partial charge < -0.3 is 5.32 Å². The number of hydrogen-bond acceptors (Lipinski definition) is 2. The van der Waals surface area contributed by atoms with Gasteiger partial charge in [0.2, 0.25) is 5.91 Å². The molecule has 1 aliphatic carbocycles. The van der Waals surface area contributed by atoms with Gasteiger partial charge in [-0.1, -0.05) is 43.9 Å². The molecule has 1 heterocycles. The fourth-order valence-corrected chi connectivity index (χ4v) is 4.44. The van der Waals surface area contributed by atoms with Crippen LogP contribution >= 0.6 is 0 Å². The van der Waals surface area contributed by atoms with Crippen molar-refractivity contribution in [3.05, 3.63) is 35.6 Å². The van der Waals surface area contributed by atoms with Crippen LogP contribution in [0.4, 0.5) is 4.39 Å². The number of halogens is 1. The molecule has 1 aliphatic heterocycles. The number of likely N-dealkylation sites (tertiary alicyclic amines) is 1. The van der Waals surface area contributed by atoms with Gasteiger partial charge in [-0.15, -0.1) is 0 Å². The van der Waals surface area contributed by atoms with Crippen molar-refractivity contribution in [3.8, 4) is 0 Å². The van der Waals surface area contributed by atoms with Gasteiger partial charge in [0.05, 0.1) is 6.04 Å². The number of hydrogen-bond donors (Lipinski definition) is 1. The third-order valence-corrected chi connectivity index (χ3v) is 5.93. The maximum atomic E-state index is 14.4. The minimum atomic E-state index is -0.232. The maximum Gasteiger partial charge on any atom is 0.237 e. The van der Waals surface area contributed by atoms with Crippen molar-refractivity contribution in [1.29, 1.82) is 0 Å². The molecule has 1 saturated carbocycles. The predicted octanol–water partition coefficient (Wildman–Crippen LogP) is 3.63. The summed E-state index contributed by atoms with van der Waals surface area (Å²) in [7, 11) is 2.04. The van der Waals surface area contributed by atoms with Crippen molar-refractivity contribution < 1.29 is 9.18 Å². The van der Waals surface area contributed by atoms with E-state index in [1.165, 1.54) is 18.9 Å². The summed E-state index contributed by atoms with van der Waals surface area (Å²) < 4.78 is 14.4. The van der Waals surface area contributed by atoms with Crippen LogP contribution in [0, 0.1) is 5.82 Å². The number of benzene rings is 1. The molecule has 1 unspecified atom stereocenters. The van der Waals surface area contributed by atoms with Crippen molar-refractivity contribution in [2.24, 2.45) is 0 Å². The number of carbonyl (C=O) groups excluding carboxylic acids is 1. The highest BCUT2D eigenvalue weighted by atomic mass is 19.1. The Labute approximate surface area is 144 Å². The normalized spacial score (nSPS) is 24.5. The number of carbonyl (C=O) groups is 1. The van der Waals surface area contributed by atoms with Crippen LogP contribution in [0.3, 0.4) is 0 Å². The Morgan fingerprint density at radius 3 is 2.71 bits per heavy atom. The summed E-state index contributed by atoms with van der Waals surface area (Å²) in [6, 6.07) is 7.03. The summed E-state index contributed by atoms with van der Waals surface area (Å²) in [5.74, 6) is -0.0257. The van der Waals surface area contributed by atoms with Gasteiger partial charge in [0.25, 0.3) is 0 Å². The molecule has 1 aromatic carbocycles. The Morgan fingerprint density at radius 2 is 1.96 bits per heavy atom. The second-order valence-electron chi connectivity index (χ2n) is 7.53. The molecule has 24 heavy (non-hydrogen) atoms. The van der Waals surface area contributed by atoms with Crippen LogP contribution in [-0.4, -0.2) is 37.0 Å². The zero-order chi connectivity index (χ0) is 17.0. The SMILES string of the molecule is CN1CCCCCC1C(=O)NCC1(c2ccccc2F)CCCC1. The summed E-state index contributed by atoms with van der Waals surface area (Å²) in [4.78, 5) is 14.9. The molecule has 0 bridgehead atoms. The average molecular weight is 332 g/mol. The molecule has 2 fully saturated rings. The van der Waals surface area contributed by atoms with Crippen molar-refractivity contribution >= 4 is 5.91 Å². The summed E-state index contributed by atoms with van der Waals surface area (Å²) in [6.07, 6.45) is 8.52. The molecular formula is C20H29FN2O. The van der Waals surface area contributed by atoms with Crippen LogP contribution < -0.4 is 5.32 Å². The molecule has 1 N–H and O–H groups in total. The fourth-order valence-electron chi connectivity index (χ4n) is 4.44. The van der Waals surface area contributed by atoms with Crippen molar-refractivity contribution in [2.45, 2.75) is 62.8 Å². The lowest BCUT2D eigenvalue weighted by Crippen LogP contribution is -2.48. The smallest absolute Gasteiger partial charge is 0.237 e. The van der Waals surface area contributed by atoms with E-state index in [4.69, 9.17) is 0 Å². The van der Waals surface area contributed by atoms with Crippen LogP contribution in [0.2, 0.25) is 0 Å². The lowest BCUT2D eigenvalue weighted by Gasteiger charge is -2.32. The molecule has 1 saturated heterocycles. The van der Waals surface area contributed by atoms with E-state index in [-0.39, 0.29) is 23.2 Å². The third-order valence-electron chi connectivity index (χ3n) is 5.93. The van der Waals surface area contributed by atoms with E-state index < -0.39 is 0 Å². The molecular weight excluding hydrogens is 303 g/mol. The van der Waals surface area contributed by atoms with E-state index in [1.54, 1.807) is 6.07 Å². The van der Waals surface area contributed by atoms with Crippen molar-refractivity contribution in [1.82, 2.24) is 10.2 Å². The molecule has 4 heteroatoms. The van der Waals surface area contributed by atoms with Gasteiger partial charge in [0.1, 0.15) is 5.82 Å². The van der Waals surface area contributed by atoms with Gasteiger partial charge in [-0.25, -0.2) is 4.39 Å². The summed E-state index contributed by atoms with van der Waals surface area (Å²) >= 11 is 0. The maximum absolute atomic E-state index is 14.4. The molecule has 3 rings (SSSR count). The van der Waals surface area contributed by atoms with Crippen LogP contribution in [-0.2, 0) is 10.2 Å². The highest BCUT2D eigenvalue weighted by Gasteiger charge is 2.38. The Bertz CT molecular complexity index is 569. The minimum absolute atomic E-state index is 0.0356. The Kier molecular flexibility index (Phi) is 5.54. The largest absolute Gasteiger partial charge is 0.354 e. The third kappa shape index (κ3) is 3.64. The first-order valence-corrected chi connectivity index (χ1v) is 9.35. The lowest BCUT2D eigenvalue weighted by atomic mass is 9.78. The molecule has 0 aromatic heterocycles. The second kappa shape index (κ2) is 7.64. The zero-order valence-electron chi connectivity index (χ0n) is 14.7. The number of rotatable bonds is 4. The van der Waals surface area contributed by atoms with E-state index in [2.05, 4.69) is 10.2 Å². The van der Waals surface area contributed by atoms with Crippen molar-refractivity contribution in [3.63, 3.8) is 0 Å². The quantitative estimate of drug-likeness (QED) is 0.913. The highest BCUT2D eigenvalue weighted by Crippen LogP contribution is 2.41. The second-order valence-corrected chi connectivity index (χ2v) is 7.53. The summed E-state index contributed by atoms with van der Waals surface area (Å²) in [6.45, 7) is 1.54. The van der Waals surface area contributed by atoms with Gasteiger partial charge in [0.15, 0.2) is 0 Å². The molecule has 0 radical (unpaired) electrons. The number of likely N-dealkylation sites (N-methyl/N-ethyl adjacent to an activating group) is 1. The molecule has 2 aliphatic rings. The fraction of sp³-hybridized carbons (Fsp3) is 0.650. The topological polar surface area (TPSA) is 32.3 Å². The molecule has 3 nitrogen and oxygen atoms in total. The van der Waals surface area contributed by atoms with E-state index in [0.29, 0.717) is 6.54 Å². The standard InChI is InChI=1S/C20H29FN2O/c1-23-14-8-2-3-11-18(23)19(24)22-15-20(12-6-7-13-20)16-9-4-5-10-17(16)21/h4-5,9-10,18H,2-3,6-8,11-15H2,1H3,(H,22,24).